The van der Waals surface area contributed by atoms with Crippen molar-refractivity contribution >= 4 is 5.91 Å². The molecule has 0 fully saturated rings. The van der Waals surface area contributed by atoms with Gasteiger partial charge in [-0.3, -0.25) is 9.78 Å². The maximum atomic E-state index is 12.6. The van der Waals surface area contributed by atoms with Crippen LogP contribution in [0.3, 0.4) is 0 Å². The highest BCUT2D eigenvalue weighted by Crippen LogP contribution is 2.26. The second-order valence-corrected chi connectivity index (χ2v) is 6.48. The third kappa shape index (κ3) is 4.85. The molecule has 144 valence electrons. The van der Waals surface area contributed by atoms with Crippen molar-refractivity contribution in [3.63, 3.8) is 0 Å². The summed E-state index contributed by atoms with van der Waals surface area (Å²) in [6.45, 7) is 4.71. The number of hydrogen-bond donors (Lipinski definition) is 1. The van der Waals surface area contributed by atoms with Crippen LogP contribution in [0.15, 0.2) is 55.0 Å². The molecule has 6 nitrogen and oxygen atoms in total. The lowest BCUT2D eigenvalue weighted by Gasteiger charge is -2.14. The van der Waals surface area contributed by atoms with Gasteiger partial charge in [0.25, 0.3) is 5.91 Å². The van der Waals surface area contributed by atoms with Gasteiger partial charge in [-0.25, -0.2) is 4.98 Å². The second kappa shape index (κ2) is 8.99. The van der Waals surface area contributed by atoms with Crippen LogP contribution in [0.2, 0.25) is 0 Å². The Hall–Kier alpha value is -3.41. The Labute approximate surface area is 164 Å². The van der Waals surface area contributed by atoms with E-state index in [-0.39, 0.29) is 5.91 Å². The molecule has 0 aliphatic carbocycles. The molecule has 6 heteroatoms. The zero-order valence-electron chi connectivity index (χ0n) is 16.2. The Kier molecular flexibility index (Phi) is 6.22. The number of rotatable bonds is 7. The molecule has 3 rings (SSSR count). The molecular weight excluding hydrogens is 354 g/mol. The van der Waals surface area contributed by atoms with Crippen LogP contribution in [0.1, 0.15) is 32.6 Å². The molecule has 0 bridgehead atoms. The van der Waals surface area contributed by atoms with Crippen LogP contribution in [0.25, 0.3) is 0 Å². The van der Waals surface area contributed by atoms with Crippen molar-refractivity contribution in [2.45, 2.75) is 27.0 Å². The molecule has 0 saturated carbocycles. The van der Waals surface area contributed by atoms with E-state index in [4.69, 9.17) is 9.47 Å². The number of nitrogens with zero attached hydrogens (tertiary/aromatic N) is 2. The summed E-state index contributed by atoms with van der Waals surface area (Å²) in [6, 6.07) is 11.2. The Morgan fingerprint density at radius 3 is 2.54 bits per heavy atom. The number of carbonyl (C=O) groups excluding carboxylic acids is 1. The number of carbonyl (C=O) groups is 1. The molecule has 0 aliphatic rings. The van der Waals surface area contributed by atoms with E-state index in [9.17, 15) is 4.79 Å². The monoisotopic (exact) mass is 377 g/mol. The Balaban J connectivity index is 1.66. The topological polar surface area (TPSA) is 73.3 Å². The summed E-state index contributed by atoms with van der Waals surface area (Å²) in [7, 11) is 1.56. The van der Waals surface area contributed by atoms with Crippen molar-refractivity contribution in [1.29, 1.82) is 0 Å². The van der Waals surface area contributed by atoms with Gasteiger partial charge in [-0.1, -0.05) is 6.07 Å². The molecule has 2 heterocycles. The van der Waals surface area contributed by atoms with Gasteiger partial charge >= 0.3 is 0 Å². The van der Waals surface area contributed by atoms with E-state index in [1.165, 1.54) is 0 Å². The summed E-state index contributed by atoms with van der Waals surface area (Å²) >= 11 is 0. The smallest absolute Gasteiger partial charge is 0.251 e. The summed E-state index contributed by atoms with van der Waals surface area (Å²) in [6.07, 6.45) is 5.17. The number of pyridine rings is 2. The van der Waals surface area contributed by atoms with E-state index in [0.29, 0.717) is 24.6 Å². The molecule has 0 aliphatic heterocycles. The van der Waals surface area contributed by atoms with Crippen LogP contribution in [-0.2, 0) is 13.2 Å². The minimum Gasteiger partial charge on any atom is -0.488 e. The van der Waals surface area contributed by atoms with Gasteiger partial charge in [-0.15, -0.1) is 0 Å². The van der Waals surface area contributed by atoms with Crippen LogP contribution in [0.4, 0.5) is 0 Å². The van der Waals surface area contributed by atoms with Gasteiger partial charge in [0, 0.05) is 42.3 Å². The molecule has 1 aromatic carbocycles. The number of amides is 1. The van der Waals surface area contributed by atoms with Crippen molar-refractivity contribution in [3.05, 3.63) is 82.8 Å². The van der Waals surface area contributed by atoms with Gasteiger partial charge in [0.05, 0.1) is 7.11 Å². The quantitative estimate of drug-likeness (QED) is 0.681. The minimum absolute atomic E-state index is 0.138. The molecule has 0 radical (unpaired) electrons. The van der Waals surface area contributed by atoms with Crippen LogP contribution in [0.5, 0.6) is 11.6 Å². The average molecular weight is 377 g/mol. The van der Waals surface area contributed by atoms with Gasteiger partial charge in [-0.05, 0) is 54.8 Å². The normalized spacial score (nSPS) is 10.4. The summed E-state index contributed by atoms with van der Waals surface area (Å²) in [5.74, 6) is 1.17. The molecule has 0 unspecified atom stereocenters. The van der Waals surface area contributed by atoms with Gasteiger partial charge in [0.1, 0.15) is 12.4 Å². The fourth-order valence-electron chi connectivity index (χ4n) is 2.90. The lowest BCUT2D eigenvalue weighted by atomic mass is 10.0. The summed E-state index contributed by atoms with van der Waals surface area (Å²) < 4.78 is 11.1. The molecule has 3 aromatic rings. The number of nitrogens with one attached hydrogen (secondary N) is 1. The lowest BCUT2D eigenvalue weighted by Crippen LogP contribution is -2.23. The number of benzene rings is 1. The van der Waals surface area contributed by atoms with E-state index in [1.54, 1.807) is 31.8 Å². The van der Waals surface area contributed by atoms with Crippen molar-refractivity contribution in [2.24, 2.45) is 0 Å². The first kappa shape index (κ1) is 19.4. The number of hydrogen-bond acceptors (Lipinski definition) is 5. The van der Waals surface area contributed by atoms with Gasteiger partial charge in [-0.2, -0.15) is 0 Å². The summed E-state index contributed by atoms with van der Waals surface area (Å²) in [4.78, 5) is 20.7. The lowest BCUT2D eigenvalue weighted by molar-refractivity contribution is 0.0950. The zero-order chi connectivity index (χ0) is 19.9. The van der Waals surface area contributed by atoms with E-state index in [2.05, 4.69) is 15.3 Å². The number of ether oxygens (including phenoxy) is 2. The van der Waals surface area contributed by atoms with E-state index >= 15 is 0 Å². The number of aromatic nitrogens is 2. The molecule has 1 N–H and O–H groups in total. The van der Waals surface area contributed by atoms with Crippen LogP contribution in [-0.4, -0.2) is 23.0 Å². The van der Waals surface area contributed by atoms with Crippen LogP contribution >= 0.6 is 0 Å². The molecular formula is C22H23N3O3. The van der Waals surface area contributed by atoms with Gasteiger partial charge < -0.3 is 14.8 Å². The molecule has 28 heavy (non-hydrogen) atoms. The Morgan fingerprint density at radius 1 is 1.07 bits per heavy atom. The third-order valence-electron chi connectivity index (χ3n) is 4.29. The fraction of sp³-hybridized carbons (Fsp3) is 0.227. The number of methoxy groups -OCH3 is 1. The Bertz CT molecular complexity index is 935. The second-order valence-electron chi connectivity index (χ2n) is 6.48. The van der Waals surface area contributed by atoms with Gasteiger partial charge in [0.2, 0.25) is 5.88 Å². The van der Waals surface area contributed by atoms with Crippen molar-refractivity contribution in [2.75, 3.05) is 7.11 Å². The fourth-order valence-corrected chi connectivity index (χ4v) is 2.90. The molecule has 0 spiro atoms. The SMILES string of the molecule is COc1cc(CNC(=O)c2cc(C)c(OCc3cccnc3)c(C)c2)ccn1. The molecule has 1 amide bonds. The third-order valence-corrected chi connectivity index (χ3v) is 4.29. The first-order valence-corrected chi connectivity index (χ1v) is 8.97. The minimum atomic E-state index is -0.138. The van der Waals surface area contributed by atoms with E-state index < -0.39 is 0 Å². The molecule has 0 saturated heterocycles. The summed E-state index contributed by atoms with van der Waals surface area (Å²) in [5, 5.41) is 2.93. The number of aryl methyl sites for hydroxylation is 2. The van der Waals surface area contributed by atoms with Crippen molar-refractivity contribution in [1.82, 2.24) is 15.3 Å². The van der Waals surface area contributed by atoms with Crippen LogP contribution in [0, 0.1) is 13.8 Å². The van der Waals surface area contributed by atoms with E-state index in [1.807, 2.05) is 44.2 Å². The zero-order valence-corrected chi connectivity index (χ0v) is 16.2. The largest absolute Gasteiger partial charge is 0.488 e. The maximum Gasteiger partial charge on any atom is 0.251 e. The van der Waals surface area contributed by atoms with Crippen molar-refractivity contribution < 1.29 is 14.3 Å². The predicted molar refractivity (Wildman–Crippen MR) is 106 cm³/mol. The first-order chi connectivity index (χ1) is 13.6. The molecule has 2 aromatic heterocycles. The Morgan fingerprint density at radius 2 is 1.86 bits per heavy atom. The summed E-state index contributed by atoms with van der Waals surface area (Å²) in [5.41, 5.74) is 4.35. The van der Waals surface area contributed by atoms with E-state index in [0.717, 1.165) is 28.0 Å². The highest BCUT2D eigenvalue weighted by atomic mass is 16.5. The standard InChI is InChI=1S/C22H23N3O3/c1-15-9-19(22(26)25-13-17-6-8-24-20(11-17)27-3)10-16(2)21(15)28-14-18-5-4-7-23-12-18/h4-12H,13-14H2,1-3H3,(H,25,26). The molecule has 0 atom stereocenters. The first-order valence-electron chi connectivity index (χ1n) is 8.97. The van der Waals surface area contributed by atoms with Gasteiger partial charge in [0.15, 0.2) is 0 Å². The predicted octanol–water partition coefficient (Wildman–Crippen LogP) is 3.61. The highest BCUT2D eigenvalue weighted by Gasteiger charge is 2.12. The van der Waals surface area contributed by atoms with Crippen molar-refractivity contribution in [3.8, 4) is 11.6 Å². The average Bonchev–Trinajstić information content (AvgIpc) is 2.72. The maximum absolute atomic E-state index is 12.6. The van der Waals surface area contributed by atoms with Crippen LogP contribution < -0.4 is 14.8 Å². The highest BCUT2D eigenvalue weighted by molar-refractivity contribution is 5.94.